The standard InChI is InChI=1S/C34H43N7O6/c1-34(2,3)47-33(43)40-12-10-38(11-13-40)24-7-9-29(35-19-24)37-27-20-36-31(39-14-16-46-17-15-39)26-22-41(32(42)30(26)27)21-23-6-8-25(44-4)18-28(23)45-5/h6-9,18-20H,10-17,21-22H2,1-5H3,(H,35,37). The molecule has 5 heterocycles. The number of rotatable bonds is 8. The summed E-state index contributed by atoms with van der Waals surface area (Å²) >= 11 is 0. The molecule has 13 heteroatoms. The van der Waals surface area contributed by atoms with Crippen LogP contribution in [0.15, 0.2) is 42.7 Å². The number of nitrogens with zero attached hydrogens (tertiary/aromatic N) is 6. The number of piperazine rings is 1. The number of morpholine rings is 1. The number of carbonyl (C=O) groups is 2. The maximum Gasteiger partial charge on any atom is 0.410 e. The van der Waals surface area contributed by atoms with Gasteiger partial charge in [-0.05, 0) is 45.0 Å². The summed E-state index contributed by atoms with van der Waals surface area (Å²) < 4.78 is 22.1. The van der Waals surface area contributed by atoms with Gasteiger partial charge in [-0.25, -0.2) is 14.8 Å². The van der Waals surface area contributed by atoms with Crippen LogP contribution >= 0.6 is 0 Å². The highest BCUT2D eigenvalue weighted by atomic mass is 16.6. The van der Waals surface area contributed by atoms with Crippen molar-refractivity contribution in [2.24, 2.45) is 0 Å². The zero-order valence-corrected chi connectivity index (χ0v) is 27.7. The highest BCUT2D eigenvalue weighted by Gasteiger charge is 2.35. The SMILES string of the molecule is COc1ccc(CN2Cc3c(N4CCOCC4)ncc(Nc4ccc(N5CCN(C(=O)OC(C)(C)C)CC5)cn4)c3C2=O)c(OC)c1. The maximum atomic E-state index is 14.1. The van der Waals surface area contributed by atoms with E-state index in [0.29, 0.717) is 94.1 Å². The lowest BCUT2D eigenvalue weighted by atomic mass is 10.1. The largest absolute Gasteiger partial charge is 0.497 e. The molecule has 1 aromatic carbocycles. The molecule has 2 aromatic heterocycles. The average molecular weight is 646 g/mol. The first-order chi connectivity index (χ1) is 22.6. The summed E-state index contributed by atoms with van der Waals surface area (Å²) in [6, 6.07) is 9.52. The first-order valence-electron chi connectivity index (χ1n) is 15.9. The van der Waals surface area contributed by atoms with Crippen molar-refractivity contribution in [1.29, 1.82) is 0 Å². The van der Waals surface area contributed by atoms with Crippen LogP contribution in [0.2, 0.25) is 0 Å². The second-order valence-electron chi connectivity index (χ2n) is 12.8. The molecule has 13 nitrogen and oxygen atoms in total. The smallest absolute Gasteiger partial charge is 0.410 e. The number of nitrogens with one attached hydrogen (secondary N) is 1. The summed E-state index contributed by atoms with van der Waals surface area (Å²) in [6.07, 6.45) is 3.25. The van der Waals surface area contributed by atoms with Crippen molar-refractivity contribution in [2.45, 2.75) is 39.5 Å². The lowest BCUT2D eigenvalue weighted by Crippen LogP contribution is -2.50. The fraction of sp³-hybridized carbons (Fsp3) is 0.471. The van der Waals surface area contributed by atoms with Gasteiger partial charge in [0.2, 0.25) is 0 Å². The number of carbonyl (C=O) groups excluding carboxylic acids is 2. The van der Waals surface area contributed by atoms with Crippen molar-refractivity contribution < 1.29 is 28.5 Å². The molecular weight excluding hydrogens is 602 g/mol. The van der Waals surface area contributed by atoms with Crippen LogP contribution in [0.4, 0.5) is 27.8 Å². The summed E-state index contributed by atoms with van der Waals surface area (Å²) in [4.78, 5) is 44.0. The van der Waals surface area contributed by atoms with Crippen molar-refractivity contribution in [3.63, 3.8) is 0 Å². The van der Waals surface area contributed by atoms with Gasteiger partial charge in [0, 0.05) is 63.0 Å². The minimum Gasteiger partial charge on any atom is -0.497 e. The Balaban J connectivity index is 1.19. The van der Waals surface area contributed by atoms with Gasteiger partial charge >= 0.3 is 6.09 Å². The fourth-order valence-corrected chi connectivity index (χ4v) is 6.07. The topological polar surface area (TPSA) is 122 Å². The monoisotopic (exact) mass is 645 g/mol. The molecule has 250 valence electrons. The van der Waals surface area contributed by atoms with Crippen LogP contribution in [0, 0.1) is 0 Å². The van der Waals surface area contributed by atoms with Crippen molar-refractivity contribution in [2.75, 3.05) is 81.8 Å². The Bertz CT molecular complexity index is 1600. The van der Waals surface area contributed by atoms with E-state index in [2.05, 4.69) is 20.1 Å². The molecule has 0 saturated carbocycles. The van der Waals surface area contributed by atoms with Gasteiger partial charge < -0.3 is 43.9 Å². The van der Waals surface area contributed by atoms with E-state index in [4.69, 9.17) is 23.9 Å². The van der Waals surface area contributed by atoms with Crippen LogP contribution in [0.5, 0.6) is 11.5 Å². The number of pyridine rings is 2. The van der Waals surface area contributed by atoms with E-state index in [-0.39, 0.29) is 12.0 Å². The number of amides is 2. The number of hydrogen-bond acceptors (Lipinski definition) is 11. The van der Waals surface area contributed by atoms with Crippen LogP contribution in [0.3, 0.4) is 0 Å². The number of anilines is 4. The Morgan fingerprint density at radius 3 is 2.36 bits per heavy atom. The Morgan fingerprint density at radius 2 is 1.70 bits per heavy atom. The fourth-order valence-electron chi connectivity index (χ4n) is 6.07. The molecule has 1 N–H and O–H groups in total. The molecule has 0 unspecified atom stereocenters. The van der Waals surface area contributed by atoms with Crippen LogP contribution in [0.25, 0.3) is 0 Å². The molecule has 47 heavy (non-hydrogen) atoms. The molecule has 3 aliphatic heterocycles. The highest BCUT2D eigenvalue weighted by molar-refractivity contribution is 6.05. The normalized spacial score (nSPS) is 16.7. The number of hydrogen-bond donors (Lipinski definition) is 1. The Kier molecular flexibility index (Phi) is 9.26. The first-order valence-corrected chi connectivity index (χ1v) is 15.9. The lowest BCUT2D eigenvalue weighted by molar-refractivity contribution is 0.0240. The average Bonchev–Trinajstić information content (AvgIpc) is 3.40. The van der Waals surface area contributed by atoms with Crippen LogP contribution in [-0.4, -0.2) is 104 Å². The Morgan fingerprint density at radius 1 is 0.936 bits per heavy atom. The third-order valence-electron chi connectivity index (χ3n) is 8.48. The second-order valence-corrected chi connectivity index (χ2v) is 12.8. The predicted octanol–water partition coefficient (Wildman–Crippen LogP) is 4.29. The molecule has 0 aliphatic carbocycles. The van der Waals surface area contributed by atoms with E-state index in [1.807, 2.05) is 62.2 Å². The molecule has 3 aliphatic rings. The van der Waals surface area contributed by atoms with E-state index in [9.17, 15) is 9.59 Å². The van der Waals surface area contributed by atoms with E-state index in [1.165, 1.54) is 0 Å². The van der Waals surface area contributed by atoms with Crippen LogP contribution in [0.1, 0.15) is 42.3 Å². The zero-order valence-electron chi connectivity index (χ0n) is 27.7. The second kappa shape index (κ2) is 13.5. The van der Waals surface area contributed by atoms with Gasteiger partial charge in [0.25, 0.3) is 5.91 Å². The van der Waals surface area contributed by atoms with Crippen molar-refractivity contribution in [3.05, 3.63) is 59.4 Å². The highest BCUT2D eigenvalue weighted by Crippen LogP contribution is 2.38. The van der Waals surface area contributed by atoms with Crippen molar-refractivity contribution in [3.8, 4) is 11.5 Å². The zero-order chi connectivity index (χ0) is 33.1. The van der Waals surface area contributed by atoms with Crippen LogP contribution in [-0.2, 0) is 22.6 Å². The minimum absolute atomic E-state index is 0.0863. The number of ether oxygens (including phenoxy) is 4. The first kappa shape index (κ1) is 32.2. The number of aromatic nitrogens is 2. The summed E-state index contributed by atoms with van der Waals surface area (Å²) in [5, 5.41) is 3.37. The van der Waals surface area contributed by atoms with E-state index >= 15 is 0 Å². The number of benzene rings is 1. The van der Waals surface area contributed by atoms with Gasteiger partial charge in [-0.1, -0.05) is 0 Å². The van der Waals surface area contributed by atoms with Gasteiger partial charge in [-0.15, -0.1) is 0 Å². The van der Waals surface area contributed by atoms with Gasteiger partial charge in [-0.3, -0.25) is 4.79 Å². The summed E-state index contributed by atoms with van der Waals surface area (Å²) in [6.45, 7) is 11.6. The Labute approximate surface area is 275 Å². The van der Waals surface area contributed by atoms with Crippen molar-refractivity contribution >= 4 is 35.0 Å². The van der Waals surface area contributed by atoms with Gasteiger partial charge in [0.15, 0.2) is 0 Å². The Hall–Kier alpha value is -4.78. The van der Waals surface area contributed by atoms with E-state index in [0.717, 1.165) is 22.6 Å². The summed E-state index contributed by atoms with van der Waals surface area (Å²) in [5.74, 6) is 2.67. The third kappa shape index (κ3) is 7.14. The predicted molar refractivity (Wildman–Crippen MR) is 178 cm³/mol. The van der Waals surface area contributed by atoms with E-state index in [1.54, 1.807) is 25.3 Å². The number of methoxy groups -OCH3 is 2. The molecule has 2 saturated heterocycles. The number of fused-ring (bicyclic) bond motifs is 1. The lowest BCUT2D eigenvalue weighted by Gasteiger charge is -2.36. The molecule has 6 rings (SSSR count). The quantitative estimate of drug-likeness (QED) is 0.378. The summed E-state index contributed by atoms with van der Waals surface area (Å²) in [7, 11) is 3.23. The third-order valence-corrected chi connectivity index (χ3v) is 8.48. The molecule has 0 atom stereocenters. The van der Waals surface area contributed by atoms with Gasteiger partial charge in [0.05, 0.1) is 63.3 Å². The molecule has 0 spiro atoms. The molecular formula is C34H43N7O6. The van der Waals surface area contributed by atoms with Gasteiger partial charge in [-0.2, -0.15) is 0 Å². The maximum absolute atomic E-state index is 14.1. The molecule has 2 amide bonds. The van der Waals surface area contributed by atoms with Gasteiger partial charge in [0.1, 0.15) is 28.7 Å². The van der Waals surface area contributed by atoms with E-state index < -0.39 is 5.60 Å². The molecule has 0 bridgehead atoms. The molecule has 2 fully saturated rings. The minimum atomic E-state index is -0.521. The molecule has 0 radical (unpaired) electrons. The summed E-state index contributed by atoms with van der Waals surface area (Å²) in [5.41, 5.74) is 3.41. The molecule has 3 aromatic rings. The van der Waals surface area contributed by atoms with Crippen molar-refractivity contribution in [1.82, 2.24) is 19.8 Å². The van der Waals surface area contributed by atoms with Crippen LogP contribution < -0.4 is 24.6 Å².